The minimum Gasteiger partial charge on any atom is -0.369 e. The molecular weight excluding hydrogens is 212 g/mol. The van der Waals surface area contributed by atoms with Gasteiger partial charge in [-0.25, -0.2) is 0 Å². The van der Waals surface area contributed by atoms with E-state index in [1.165, 1.54) is 16.3 Å². The summed E-state index contributed by atoms with van der Waals surface area (Å²) in [4.78, 5) is 23.9. The molecule has 2 rings (SSSR count). The zero-order valence-corrected chi connectivity index (χ0v) is 8.95. The van der Waals surface area contributed by atoms with E-state index in [-0.39, 0.29) is 5.91 Å². The largest absolute Gasteiger partial charge is 0.369 e. The lowest BCUT2D eigenvalue weighted by molar-refractivity contribution is -0.133. The Morgan fingerprint density at radius 3 is 2.80 bits per heavy atom. The summed E-state index contributed by atoms with van der Waals surface area (Å²) in [5.41, 5.74) is 5.95. The third-order valence-corrected chi connectivity index (χ3v) is 3.33. The lowest BCUT2D eigenvalue weighted by Gasteiger charge is -2.28. The first-order valence-electron chi connectivity index (χ1n) is 4.45. The molecule has 1 heterocycles. The average Bonchev–Trinajstić information content (AvgIpc) is 2.19. The van der Waals surface area contributed by atoms with Crippen molar-refractivity contribution in [3.8, 4) is 0 Å². The molecule has 0 spiro atoms. The Morgan fingerprint density at radius 2 is 2.13 bits per heavy atom. The van der Waals surface area contributed by atoms with Gasteiger partial charge in [-0.15, -0.1) is 0 Å². The lowest BCUT2D eigenvalue weighted by Crippen LogP contribution is -2.38. The fourth-order valence-electron chi connectivity index (χ4n) is 1.58. The van der Waals surface area contributed by atoms with Crippen LogP contribution in [-0.2, 0) is 9.59 Å². The number of carbonyl (C=O) groups excluding carboxylic acids is 2. The molecule has 0 bridgehead atoms. The standard InChI is InChI=1S/C10H10N2O2S/c1-12-10(14)8(9(11)13)6-4-2-3-5-7(6)15-12/h2-5,8H,1H3,(H2,11,13). The second kappa shape index (κ2) is 3.58. The van der Waals surface area contributed by atoms with Crippen molar-refractivity contribution >= 4 is 23.8 Å². The molecule has 0 fully saturated rings. The van der Waals surface area contributed by atoms with Gasteiger partial charge in [0.25, 0.3) is 0 Å². The van der Waals surface area contributed by atoms with Crippen molar-refractivity contribution in [1.82, 2.24) is 4.31 Å². The minimum atomic E-state index is -0.840. The summed E-state index contributed by atoms with van der Waals surface area (Å²) in [6, 6.07) is 7.31. The number of primary amides is 1. The maximum Gasteiger partial charge on any atom is 0.249 e. The first kappa shape index (κ1) is 10.0. The molecule has 0 aromatic heterocycles. The highest BCUT2D eigenvalue weighted by molar-refractivity contribution is 7.97. The molecule has 1 aliphatic rings. The molecule has 15 heavy (non-hydrogen) atoms. The Balaban J connectivity index is 2.54. The van der Waals surface area contributed by atoms with E-state index < -0.39 is 11.8 Å². The van der Waals surface area contributed by atoms with Crippen molar-refractivity contribution in [2.75, 3.05) is 7.05 Å². The van der Waals surface area contributed by atoms with E-state index in [0.717, 1.165) is 4.90 Å². The SMILES string of the molecule is CN1Sc2ccccc2C(C(N)=O)C1=O. The van der Waals surface area contributed by atoms with Gasteiger partial charge in [0.15, 0.2) is 0 Å². The monoisotopic (exact) mass is 222 g/mol. The molecule has 0 aliphatic carbocycles. The molecule has 4 nitrogen and oxygen atoms in total. The van der Waals surface area contributed by atoms with Crippen LogP contribution < -0.4 is 5.73 Å². The summed E-state index contributed by atoms with van der Waals surface area (Å²) >= 11 is 1.32. The van der Waals surface area contributed by atoms with Gasteiger partial charge in [0.1, 0.15) is 5.92 Å². The summed E-state index contributed by atoms with van der Waals surface area (Å²) in [5.74, 6) is -1.70. The van der Waals surface area contributed by atoms with Gasteiger partial charge in [0.05, 0.1) is 0 Å². The first-order valence-corrected chi connectivity index (χ1v) is 5.22. The zero-order chi connectivity index (χ0) is 11.0. The maximum absolute atomic E-state index is 11.7. The Morgan fingerprint density at radius 1 is 1.47 bits per heavy atom. The maximum atomic E-state index is 11.7. The summed E-state index contributed by atoms with van der Waals surface area (Å²) in [6.07, 6.45) is 0. The van der Waals surface area contributed by atoms with Crippen LogP contribution in [0.25, 0.3) is 0 Å². The van der Waals surface area contributed by atoms with Crippen molar-refractivity contribution in [2.45, 2.75) is 10.8 Å². The van der Waals surface area contributed by atoms with Crippen LogP contribution in [0.4, 0.5) is 0 Å². The number of nitrogens with two attached hydrogens (primary N) is 1. The van der Waals surface area contributed by atoms with Gasteiger partial charge in [-0.3, -0.25) is 13.9 Å². The van der Waals surface area contributed by atoms with Crippen molar-refractivity contribution in [3.63, 3.8) is 0 Å². The van der Waals surface area contributed by atoms with Crippen molar-refractivity contribution in [3.05, 3.63) is 29.8 Å². The molecule has 0 saturated carbocycles. The number of hydrogen-bond donors (Lipinski definition) is 1. The molecule has 1 aliphatic heterocycles. The van der Waals surface area contributed by atoms with E-state index in [0.29, 0.717) is 5.56 Å². The topological polar surface area (TPSA) is 63.4 Å². The smallest absolute Gasteiger partial charge is 0.249 e. The van der Waals surface area contributed by atoms with E-state index in [4.69, 9.17) is 5.73 Å². The normalized spacial score (nSPS) is 19.9. The van der Waals surface area contributed by atoms with Gasteiger partial charge in [-0.1, -0.05) is 18.2 Å². The molecule has 5 heteroatoms. The number of nitrogens with zero attached hydrogens (tertiary/aromatic N) is 1. The minimum absolute atomic E-state index is 0.258. The van der Waals surface area contributed by atoms with Gasteiger partial charge in [0, 0.05) is 11.9 Å². The molecule has 2 amide bonds. The Kier molecular flexibility index (Phi) is 2.40. The molecule has 78 valence electrons. The molecule has 0 radical (unpaired) electrons. The second-order valence-electron chi connectivity index (χ2n) is 3.30. The predicted octanol–water partition coefficient (Wildman–Crippen LogP) is 0.735. The number of likely N-dealkylation sites (N-methyl/N-ethyl adjacent to an activating group) is 1. The summed E-state index contributed by atoms with van der Waals surface area (Å²) in [6.45, 7) is 0. The molecule has 1 aromatic carbocycles. The number of benzene rings is 1. The third kappa shape index (κ3) is 1.59. The van der Waals surface area contributed by atoms with Gasteiger partial charge in [0.2, 0.25) is 11.8 Å². The number of carbonyl (C=O) groups is 2. The second-order valence-corrected chi connectivity index (χ2v) is 4.47. The average molecular weight is 222 g/mol. The highest BCUT2D eigenvalue weighted by atomic mass is 32.2. The van der Waals surface area contributed by atoms with Gasteiger partial charge >= 0.3 is 0 Å². The lowest BCUT2D eigenvalue weighted by atomic mass is 9.97. The third-order valence-electron chi connectivity index (χ3n) is 2.31. The molecule has 2 N–H and O–H groups in total. The molecule has 1 atom stereocenters. The fraction of sp³-hybridized carbons (Fsp3) is 0.200. The van der Waals surface area contributed by atoms with Gasteiger partial charge < -0.3 is 5.73 Å². The van der Waals surface area contributed by atoms with E-state index in [1.54, 1.807) is 19.2 Å². The van der Waals surface area contributed by atoms with E-state index >= 15 is 0 Å². The van der Waals surface area contributed by atoms with E-state index in [1.807, 2.05) is 12.1 Å². The summed E-state index contributed by atoms with van der Waals surface area (Å²) in [5, 5.41) is 0. The molecule has 1 unspecified atom stereocenters. The number of rotatable bonds is 1. The Hall–Kier alpha value is -1.49. The van der Waals surface area contributed by atoms with Crippen molar-refractivity contribution in [2.24, 2.45) is 5.73 Å². The highest BCUT2D eigenvalue weighted by Gasteiger charge is 2.35. The van der Waals surface area contributed by atoms with E-state index in [2.05, 4.69) is 0 Å². The Bertz CT molecular complexity index is 433. The number of fused-ring (bicyclic) bond motifs is 1. The Labute approximate surface area is 91.6 Å². The molecule has 0 saturated heterocycles. The zero-order valence-electron chi connectivity index (χ0n) is 8.14. The van der Waals surface area contributed by atoms with Crippen molar-refractivity contribution < 1.29 is 9.59 Å². The number of amides is 2. The predicted molar refractivity (Wildman–Crippen MR) is 57.0 cm³/mol. The summed E-state index contributed by atoms with van der Waals surface area (Å²) < 4.78 is 1.44. The van der Waals surface area contributed by atoms with Crippen LogP contribution in [-0.4, -0.2) is 23.2 Å². The number of hydrogen-bond acceptors (Lipinski definition) is 3. The van der Waals surface area contributed by atoms with E-state index in [9.17, 15) is 9.59 Å². The highest BCUT2D eigenvalue weighted by Crippen LogP contribution is 2.37. The van der Waals surface area contributed by atoms with Crippen LogP contribution in [0, 0.1) is 0 Å². The van der Waals surface area contributed by atoms with Crippen LogP contribution in [0.1, 0.15) is 11.5 Å². The van der Waals surface area contributed by atoms with Crippen LogP contribution in [0.15, 0.2) is 29.2 Å². The van der Waals surface area contributed by atoms with Crippen LogP contribution in [0.5, 0.6) is 0 Å². The molecule has 1 aromatic rings. The van der Waals surface area contributed by atoms with Crippen LogP contribution in [0.2, 0.25) is 0 Å². The van der Waals surface area contributed by atoms with Crippen LogP contribution >= 0.6 is 11.9 Å². The first-order chi connectivity index (χ1) is 7.11. The van der Waals surface area contributed by atoms with Crippen molar-refractivity contribution in [1.29, 1.82) is 0 Å². The van der Waals surface area contributed by atoms with Gasteiger partial charge in [-0.05, 0) is 23.6 Å². The quantitative estimate of drug-likeness (QED) is 0.563. The molecular formula is C10H10N2O2S. The van der Waals surface area contributed by atoms with Gasteiger partial charge in [-0.2, -0.15) is 0 Å². The summed E-state index contributed by atoms with van der Waals surface area (Å²) in [7, 11) is 1.64. The fourth-order valence-corrected chi connectivity index (χ4v) is 2.51. The van der Waals surface area contributed by atoms with Crippen LogP contribution in [0.3, 0.4) is 0 Å².